The Hall–Kier alpha value is -1.63. The van der Waals surface area contributed by atoms with Gasteiger partial charge in [-0.3, -0.25) is 0 Å². The topological polar surface area (TPSA) is 26.3 Å². The molecule has 0 saturated heterocycles. The molecule has 2 aromatic rings. The molecule has 2 nitrogen and oxygen atoms in total. The molecule has 0 radical (unpaired) electrons. The molecule has 1 unspecified atom stereocenters. The minimum absolute atomic E-state index is 0.507. The first-order valence-electron chi connectivity index (χ1n) is 6.50. The lowest BCUT2D eigenvalue weighted by atomic mass is 10.4. The zero-order valence-electron chi connectivity index (χ0n) is 11.8. The van der Waals surface area contributed by atoms with Gasteiger partial charge in [-0.05, 0) is 12.5 Å². The van der Waals surface area contributed by atoms with Gasteiger partial charge in [-0.2, -0.15) is 0 Å². The van der Waals surface area contributed by atoms with Crippen molar-refractivity contribution in [3.8, 4) is 0 Å². The Morgan fingerprint density at radius 1 is 1.00 bits per heavy atom. The summed E-state index contributed by atoms with van der Waals surface area (Å²) in [4.78, 5) is 0. The average molecular weight is 286 g/mol. The molecule has 3 heteroatoms. The lowest BCUT2D eigenvalue weighted by Crippen LogP contribution is -2.27. The third kappa shape index (κ3) is 2.63. The molecule has 0 amide bonds. The molecule has 0 saturated carbocycles. The first-order chi connectivity index (χ1) is 9.60. The average Bonchev–Trinajstić information content (AvgIpc) is 2.49. The van der Waals surface area contributed by atoms with Gasteiger partial charge in [0.1, 0.15) is 5.85 Å². The summed E-state index contributed by atoms with van der Waals surface area (Å²) in [5.41, 5.74) is 0.767. The van der Waals surface area contributed by atoms with E-state index in [2.05, 4.69) is 6.58 Å². The third-order valence-corrected chi connectivity index (χ3v) is 6.70. The van der Waals surface area contributed by atoms with E-state index in [9.17, 15) is 4.57 Å². The standard InChI is InChI=1S/C17H19O2P/c1-14(2)17(19-3)20(18,15-10-6-4-7-11-15)16-12-8-5-9-13-16/h4-13,17H,1H2,2-3H3. The van der Waals surface area contributed by atoms with Gasteiger partial charge < -0.3 is 9.30 Å². The summed E-state index contributed by atoms with van der Waals surface area (Å²) in [5.74, 6) is -0.507. The molecule has 1 atom stereocenters. The molecule has 104 valence electrons. The van der Waals surface area contributed by atoms with Crippen LogP contribution in [-0.4, -0.2) is 13.0 Å². The summed E-state index contributed by atoms with van der Waals surface area (Å²) in [6.45, 7) is 5.80. The predicted molar refractivity (Wildman–Crippen MR) is 85.4 cm³/mol. The highest BCUT2D eigenvalue weighted by molar-refractivity contribution is 7.79. The number of hydrogen-bond acceptors (Lipinski definition) is 2. The Morgan fingerprint density at radius 3 is 1.70 bits per heavy atom. The highest BCUT2D eigenvalue weighted by Gasteiger charge is 2.37. The van der Waals surface area contributed by atoms with E-state index in [-0.39, 0.29) is 0 Å². The van der Waals surface area contributed by atoms with Crippen LogP contribution >= 0.6 is 7.14 Å². The number of hydrogen-bond donors (Lipinski definition) is 0. The van der Waals surface area contributed by atoms with Gasteiger partial charge in [0, 0.05) is 17.7 Å². The summed E-state index contributed by atoms with van der Waals surface area (Å²) in [7, 11) is -1.33. The van der Waals surface area contributed by atoms with Crippen molar-refractivity contribution in [2.75, 3.05) is 7.11 Å². The van der Waals surface area contributed by atoms with Gasteiger partial charge in [-0.15, -0.1) is 0 Å². The van der Waals surface area contributed by atoms with Crippen molar-refractivity contribution in [2.45, 2.75) is 12.8 Å². The van der Waals surface area contributed by atoms with Gasteiger partial charge in [0.05, 0.1) is 0 Å². The quantitative estimate of drug-likeness (QED) is 0.620. The molecular formula is C17H19O2P. The van der Waals surface area contributed by atoms with Crippen molar-refractivity contribution in [3.63, 3.8) is 0 Å². The number of ether oxygens (including phenoxy) is 1. The minimum Gasteiger partial charge on any atom is -0.369 e. The number of methoxy groups -OCH3 is 1. The number of rotatable bonds is 5. The summed E-state index contributed by atoms with van der Waals surface area (Å²) in [5, 5.41) is 1.59. The van der Waals surface area contributed by atoms with E-state index in [4.69, 9.17) is 4.74 Å². The van der Waals surface area contributed by atoms with E-state index in [1.807, 2.05) is 67.6 Å². The lowest BCUT2D eigenvalue weighted by molar-refractivity contribution is 0.191. The van der Waals surface area contributed by atoms with Crippen LogP contribution in [0.4, 0.5) is 0 Å². The maximum absolute atomic E-state index is 13.8. The summed E-state index contributed by atoms with van der Waals surface area (Å²) >= 11 is 0. The van der Waals surface area contributed by atoms with Gasteiger partial charge in [-0.25, -0.2) is 0 Å². The highest BCUT2D eigenvalue weighted by atomic mass is 31.2. The van der Waals surface area contributed by atoms with Crippen molar-refractivity contribution in [3.05, 3.63) is 72.8 Å². The van der Waals surface area contributed by atoms with E-state index >= 15 is 0 Å². The second-order valence-corrected chi connectivity index (χ2v) is 7.58. The van der Waals surface area contributed by atoms with Crippen molar-refractivity contribution < 1.29 is 9.30 Å². The summed E-state index contributed by atoms with van der Waals surface area (Å²) in [6.07, 6.45) is 0. The summed E-state index contributed by atoms with van der Waals surface area (Å²) in [6, 6.07) is 19.0. The normalized spacial score (nSPS) is 12.9. The van der Waals surface area contributed by atoms with Gasteiger partial charge in [0.25, 0.3) is 0 Å². The largest absolute Gasteiger partial charge is 0.369 e. The van der Waals surface area contributed by atoms with E-state index in [1.54, 1.807) is 7.11 Å². The lowest BCUT2D eigenvalue weighted by Gasteiger charge is -2.28. The molecule has 0 N–H and O–H groups in total. The third-order valence-electron chi connectivity index (χ3n) is 3.25. The molecule has 20 heavy (non-hydrogen) atoms. The van der Waals surface area contributed by atoms with Crippen LogP contribution in [0.15, 0.2) is 72.8 Å². The fourth-order valence-corrected chi connectivity index (χ4v) is 5.37. The molecule has 0 spiro atoms. The van der Waals surface area contributed by atoms with Crippen LogP contribution in [0.3, 0.4) is 0 Å². The van der Waals surface area contributed by atoms with Crippen molar-refractivity contribution in [1.29, 1.82) is 0 Å². The van der Waals surface area contributed by atoms with Gasteiger partial charge in [0.15, 0.2) is 7.14 Å². The minimum atomic E-state index is -2.91. The van der Waals surface area contributed by atoms with Crippen LogP contribution in [0.1, 0.15) is 6.92 Å². The highest BCUT2D eigenvalue weighted by Crippen LogP contribution is 2.51. The molecule has 0 fully saturated rings. The molecule has 0 aliphatic rings. The Balaban J connectivity index is 2.67. The van der Waals surface area contributed by atoms with Gasteiger partial charge >= 0.3 is 0 Å². The van der Waals surface area contributed by atoms with Crippen LogP contribution in [0, 0.1) is 0 Å². The fourth-order valence-electron chi connectivity index (χ4n) is 2.38. The molecule has 2 aromatic carbocycles. The van der Waals surface area contributed by atoms with Crippen molar-refractivity contribution in [1.82, 2.24) is 0 Å². The van der Waals surface area contributed by atoms with Crippen molar-refractivity contribution in [2.24, 2.45) is 0 Å². The molecular weight excluding hydrogens is 267 g/mol. The van der Waals surface area contributed by atoms with Crippen LogP contribution in [0.25, 0.3) is 0 Å². The van der Waals surface area contributed by atoms with Crippen LogP contribution in [0.5, 0.6) is 0 Å². The predicted octanol–water partition coefficient (Wildman–Crippen LogP) is 3.55. The van der Waals surface area contributed by atoms with Crippen LogP contribution in [-0.2, 0) is 9.30 Å². The Kier molecular flexibility index (Phi) is 4.59. The maximum Gasteiger partial charge on any atom is 0.174 e. The zero-order chi connectivity index (χ0) is 14.6. The monoisotopic (exact) mass is 286 g/mol. The van der Waals surface area contributed by atoms with Gasteiger partial charge in [-0.1, -0.05) is 67.2 Å². The van der Waals surface area contributed by atoms with E-state index in [0.29, 0.717) is 0 Å². The van der Waals surface area contributed by atoms with Crippen molar-refractivity contribution >= 4 is 17.8 Å². The maximum atomic E-state index is 13.8. The van der Waals surface area contributed by atoms with Gasteiger partial charge in [0.2, 0.25) is 0 Å². The van der Waals surface area contributed by atoms with E-state index in [0.717, 1.165) is 16.2 Å². The molecule has 0 bridgehead atoms. The fraction of sp³-hybridized carbons (Fsp3) is 0.176. The zero-order valence-corrected chi connectivity index (χ0v) is 12.7. The first kappa shape index (κ1) is 14.8. The Labute approximate surface area is 120 Å². The molecule has 0 heterocycles. The van der Waals surface area contributed by atoms with Crippen LogP contribution < -0.4 is 10.6 Å². The molecule has 0 aromatic heterocycles. The molecule has 0 aliphatic heterocycles. The van der Waals surface area contributed by atoms with Crippen LogP contribution in [0.2, 0.25) is 0 Å². The Morgan fingerprint density at radius 2 is 1.40 bits per heavy atom. The van der Waals surface area contributed by atoms with E-state index < -0.39 is 13.0 Å². The summed E-state index contributed by atoms with van der Waals surface area (Å²) < 4.78 is 19.3. The number of benzene rings is 2. The second-order valence-electron chi connectivity index (χ2n) is 4.76. The van der Waals surface area contributed by atoms with E-state index in [1.165, 1.54) is 0 Å². The molecule has 0 aliphatic carbocycles. The Bertz CT molecular complexity index is 576. The SMILES string of the molecule is C=C(C)C(OC)P(=O)(c1ccccc1)c1ccccc1. The second kappa shape index (κ2) is 6.21. The molecule has 2 rings (SSSR count). The first-order valence-corrected chi connectivity index (χ1v) is 8.27. The smallest absolute Gasteiger partial charge is 0.174 e.